The normalized spacial score (nSPS) is 20.7. The molecule has 5 nitrogen and oxygen atoms in total. The number of piperidine rings is 1. The van der Waals surface area contributed by atoms with Gasteiger partial charge in [-0.25, -0.2) is 0 Å². The highest BCUT2D eigenvalue weighted by molar-refractivity contribution is 6.16. The molecule has 16 heavy (non-hydrogen) atoms. The number of amides is 2. The predicted octanol–water partition coefficient (Wildman–Crippen LogP) is 0.736. The topological polar surface area (TPSA) is 72.0 Å². The van der Waals surface area contributed by atoms with E-state index in [1.807, 2.05) is 0 Å². The number of carbonyl (C=O) groups excluding carboxylic acids is 2. The fourth-order valence-corrected chi connectivity index (χ4v) is 1.76. The van der Waals surface area contributed by atoms with Gasteiger partial charge in [-0.15, -0.1) is 11.6 Å². The molecule has 6 heteroatoms. The molecule has 0 radical (unpaired) electrons. The Morgan fingerprint density at radius 2 is 2.25 bits per heavy atom. The van der Waals surface area contributed by atoms with Crippen molar-refractivity contribution in [3.05, 3.63) is 23.8 Å². The minimum atomic E-state index is -0.395. The zero-order valence-electron chi connectivity index (χ0n) is 8.44. The van der Waals surface area contributed by atoms with Gasteiger partial charge in [0.1, 0.15) is 0 Å². The van der Waals surface area contributed by atoms with Crippen molar-refractivity contribution in [3.8, 4) is 0 Å². The zero-order valence-corrected chi connectivity index (χ0v) is 9.20. The number of nitrogens with one attached hydrogen (secondary N) is 1. The van der Waals surface area contributed by atoms with Crippen molar-refractivity contribution in [2.75, 3.05) is 0 Å². The highest BCUT2D eigenvalue weighted by Crippen LogP contribution is 2.22. The fraction of sp³-hybridized carbons (Fsp3) is 0.400. The van der Waals surface area contributed by atoms with Gasteiger partial charge in [0.2, 0.25) is 11.8 Å². The average molecular weight is 240 g/mol. The van der Waals surface area contributed by atoms with Crippen LogP contribution in [0.1, 0.15) is 30.1 Å². The van der Waals surface area contributed by atoms with Gasteiger partial charge < -0.3 is 0 Å². The van der Waals surface area contributed by atoms with E-state index >= 15 is 0 Å². The van der Waals surface area contributed by atoms with Crippen LogP contribution in [0, 0.1) is 0 Å². The summed E-state index contributed by atoms with van der Waals surface area (Å²) in [7, 11) is 0. The Morgan fingerprint density at radius 3 is 2.94 bits per heavy atom. The number of alkyl halides is 1. The molecule has 1 aromatic heterocycles. The van der Waals surface area contributed by atoms with E-state index in [2.05, 4.69) is 15.3 Å². The number of nitrogens with zero attached hydrogens (tertiary/aromatic N) is 2. The van der Waals surface area contributed by atoms with Crippen LogP contribution in [0.15, 0.2) is 12.4 Å². The molecule has 84 valence electrons. The first-order valence-corrected chi connectivity index (χ1v) is 5.44. The average Bonchev–Trinajstić information content (AvgIpc) is 2.29. The summed E-state index contributed by atoms with van der Waals surface area (Å²) in [6.07, 6.45) is 3.91. The fourth-order valence-electron chi connectivity index (χ4n) is 1.63. The molecule has 1 aliphatic heterocycles. The van der Waals surface area contributed by atoms with Crippen LogP contribution >= 0.6 is 11.6 Å². The monoisotopic (exact) mass is 239 g/mol. The lowest BCUT2D eigenvalue weighted by atomic mass is 9.95. The van der Waals surface area contributed by atoms with Gasteiger partial charge in [0.25, 0.3) is 0 Å². The summed E-state index contributed by atoms with van der Waals surface area (Å²) in [5, 5.41) is 2.29. The second-order valence-electron chi connectivity index (χ2n) is 3.57. The SMILES string of the molecule is O=C1CCC(c2cncc(CCl)n2)C(=O)N1. The van der Waals surface area contributed by atoms with Crippen molar-refractivity contribution in [2.24, 2.45) is 0 Å². The first-order chi connectivity index (χ1) is 7.70. The third kappa shape index (κ3) is 2.19. The first kappa shape index (κ1) is 11.0. The highest BCUT2D eigenvalue weighted by Gasteiger charge is 2.29. The Hall–Kier alpha value is -1.49. The molecule has 1 aliphatic rings. The van der Waals surface area contributed by atoms with Crippen LogP contribution in [0.25, 0.3) is 0 Å². The van der Waals surface area contributed by atoms with Crippen molar-refractivity contribution >= 4 is 23.4 Å². The first-order valence-electron chi connectivity index (χ1n) is 4.91. The van der Waals surface area contributed by atoms with Crippen molar-refractivity contribution in [1.29, 1.82) is 0 Å². The van der Waals surface area contributed by atoms with E-state index in [4.69, 9.17) is 11.6 Å². The Balaban J connectivity index is 2.23. The summed E-state index contributed by atoms with van der Waals surface area (Å²) in [4.78, 5) is 30.8. The molecule has 0 aliphatic carbocycles. The van der Waals surface area contributed by atoms with Gasteiger partial charge in [0, 0.05) is 18.8 Å². The molecular formula is C10H10ClN3O2. The summed E-state index contributed by atoms with van der Waals surface area (Å²) < 4.78 is 0. The number of hydrogen-bond donors (Lipinski definition) is 1. The van der Waals surface area contributed by atoms with Crippen molar-refractivity contribution in [1.82, 2.24) is 15.3 Å². The van der Waals surface area contributed by atoms with E-state index in [1.165, 1.54) is 6.20 Å². The Morgan fingerprint density at radius 1 is 1.44 bits per heavy atom. The van der Waals surface area contributed by atoms with E-state index in [-0.39, 0.29) is 17.7 Å². The standard InChI is InChI=1S/C10H10ClN3O2/c11-3-6-4-12-5-8(13-6)7-1-2-9(15)14-10(7)16/h4-5,7H,1-3H2,(H,14,15,16). The third-order valence-electron chi connectivity index (χ3n) is 2.44. The second kappa shape index (κ2) is 4.57. The van der Waals surface area contributed by atoms with Crippen molar-refractivity contribution in [3.63, 3.8) is 0 Å². The zero-order chi connectivity index (χ0) is 11.5. The molecule has 1 atom stereocenters. The molecule has 0 saturated carbocycles. The summed E-state index contributed by atoms with van der Waals surface area (Å²) >= 11 is 5.64. The quantitative estimate of drug-likeness (QED) is 0.610. The van der Waals surface area contributed by atoms with Crippen LogP contribution in [-0.2, 0) is 15.5 Å². The van der Waals surface area contributed by atoms with Gasteiger partial charge >= 0.3 is 0 Å². The van der Waals surface area contributed by atoms with Gasteiger partial charge in [-0.1, -0.05) is 0 Å². The van der Waals surface area contributed by atoms with Gasteiger partial charge in [0.05, 0.1) is 23.2 Å². The van der Waals surface area contributed by atoms with E-state index in [9.17, 15) is 9.59 Å². The van der Waals surface area contributed by atoms with Crippen LogP contribution in [0.3, 0.4) is 0 Å². The smallest absolute Gasteiger partial charge is 0.235 e. The molecule has 0 aromatic carbocycles. The van der Waals surface area contributed by atoms with E-state index in [0.29, 0.717) is 24.2 Å². The lowest BCUT2D eigenvalue weighted by Gasteiger charge is -2.20. The minimum Gasteiger partial charge on any atom is -0.296 e. The van der Waals surface area contributed by atoms with Crippen LogP contribution < -0.4 is 5.32 Å². The summed E-state index contributed by atoms with van der Waals surface area (Å²) in [5.41, 5.74) is 1.20. The molecule has 1 saturated heterocycles. The van der Waals surface area contributed by atoms with Gasteiger partial charge in [0.15, 0.2) is 0 Å². The van der Waals surface area contributed by atoms with Gasteiger partial charge in [-0.2, -0.15) is 0 Å². The molecular weight excluding hydrogens is 230 g/mol. The maximum Gasteiger partial charge on any atom is 0.235 e. The largest absolute Gasteiger partial charge is 0.296 e. The molecule has 0 spiro atoms. The van der Waals surface area contributed by atoms with E-state index in [0.717, 1.165) is 0 Å². The second-order valence-corrected chi connectivity index (χ2v) is 3.84. The highest BCUT2D eigenvalue weighted by atomic mass is 35.5. The predicted molar refractivity (Wildman–Crippen MR) is 56.7 cm³/mol. The number of carbonyl (C=O) groups is 2. The Bertz CT molecular complexity index is 436. The lowest BCUT2D eigenvalue weighted by molar-refractivity contribution is -0.134. The van der Waals surface area contributed by atoms with Gasteiger partial charge in [-0.3, -0.25) is 24.9 Å². The molecule has 2 heterocycles. The van der Waals surface area contributed by atoms with Crippen molar-refractivity contribution in [2.45, 2.75) is 24.6 Å². The van der Waals surface area contributed by atoms with Crippen molar-refractivity contribution < 1.29 is 9.59 Å². The molecule has 2 amide bonds. The van der Waals surface area contributed by atoms with E-state index in [1.54, 1.807) is 6.20 Å². The third-order valence-corrected chi connectivity index (χ3v) is 2.71. The Labute approximate surface area is 97.2 Å². The summed E-state index contributed by atoms with van der Waals surface area (Å²) in [6.45, 7) is 0. The molecule has 1 fully saturated rings. The summed E-state index contributed by atoms with van der Waals surface area (Å²) in [6, 6.07) is 0. The molecule has 2 rings (SSSR count). The number of halogens is 1. The Kier molecular flexibility index (Phi) is 3.14. The van der Waals surface area contributed by atoms with Crippen LogP contribution in [0.4, 0.5) is 0 Å². The number of imide groups is 1. The molecule has 0 bridgehead atoms. The molecule has 1 N–H and O–H groups in total. The number of rotatable bonds is 2. The summed E-state index contributed by atoms with van der Waals surface area (Å²) in [5.74, 6) is -0.679. The van der Waals surface area contributed by atoms with Gasteiger partial charge in [-0.05, 0) is 6.42 Å². The molecule has 1 aromatic rings. The minimum absolute atomic E-state index is 0.234. The van der Waals surface area contributed by atoms with Crippen LogP contribution in [0.2, 0.25) is 0 Å². The lowest BCUT2D eigenvalue weighted by Crippen LogP contribution is -2.39. The van der Waals surface area contributed by atoms with Crippen LogP contribution in [0.5, 0.6) is 0 Å². The maximum absolute atomic E-state index is 11.6. The number of aromatic nitrogens is 2. The number of hydrogen-bond acceptors (Lipinski definition) is 4. The maximum atomic E-state index is 11.6. The van der Waals surface area contributed by atoms with Crippen LogP contribution in [-0.4, -0.2) is 21.8 Å². The molecule has 1 unspecified atom stereocenters. The van der Waals surface area contributed by atoms with E-state index < -0.39 is 5.92 Å².